The summed E-state index contributed by atoms with van der Waals surface area (Å²) in [5, 5.41) is 2.84. The Labute approximate surface area is 127 Å². The third-order valence-electron chi connectivity index (χ3n) is 3.83. The summed E-state index contributed by atoms with van der Waals surface area (Å²) in [6.07, 6.45) is 1.90. The average Bonchev–Trinajstić information content (AvgIpc) is 3.22. The van der Waals surface area contributed by atoms with Crippen molar-refractivity contribution in [3.05, 3.63) is 33.8 Å². The second-order valence-electron chi connectivity index (χ2n) is 5.25. The zero-order chi connectivity index (χ0) is 14.8. The van der Waals surface area contributed by atoms with Crippen molar-refractivity contribution in [3.63, 3.8) is 0 Å². The molecule has 4 nitrogen and oxygen atoms in total. The van der Waals surface area contributed by atoms with Crippen LogP contribution in [0.3, 0.4) is 0 Å². The SMILES string of the molecule is COC(=O)C1(CNC(=O)Cc2cccc(Br)c2C)CC1. The highest BCUT2D eigenvalue weighted by atomic mass is 79.9. The molecule has 1 fully saturated rings. The molecule has 0 heterocycles. The fourth-order valence-corrected chi connectivity index (χ4v) is 2.57. The van der Waals surface area contributed by atoms with E-state index >= 15 is 0 Å². The second-order valence-corrected chi connectivity index (χ2v) is 6.10. The van der Waals surface area contributed by atoms with Gasteiger partial charge in [0.15, 0.2) is 0 Å². The van der Waals surface area contributed by atoms with Crippen molar-refractivity contribution in [2.45, 2.75) is 26.2 Å². The van der Waals surface area contributed by atoms with Crippen molar-refractivity contribution in [3.8, 4) is 0 Å². The van der Waals surface area contributed by atoms with Crippen LogP contribution in [0, 0.1) is 12.3 Å². The number of amides is 1. The molecule has 1 aliphatic rings. The van der Waals surface area contributed by atoms with Crippen molar-refractivity contribution >= 4 is 27.8 Å². The highest BCUT2D eigenvalue weighted by Gasteiger charge is 2.51. The number of carbonyl (C=O) groups is 2. The largest absolute Gasteiger partial charge is 0.469 e. The molecule has 0 aromatic heterocycles. The number of hydrogen-bond donors (Lipinski definition) is 1. The summed E-state index contributed by atoms with van der Waals surface area (Å²) in [4.78, 5) is 23.6. The second kappa shape index (κ2) is 5.95. The average molecular weight is 340 g/mol. The summed E-state index contributed by atoms with van der Waals surface area (Å²) >= 11 is 3.45. The number of nitrogens with one attached hydrogen (secondary N) is 1. The Hall–Kier alpha value is -1.36. The van der Waals surface area contributed by atoms with Crippen LogP contribution in [0.4, 0.5) is 0 Å². The standard InChI is InChI=1S/C15H18BrNO3/c1-10-11(4-3-5-12(10)16)8-13(18)17-9-15(6-7-15)14(19)20-2/h3-5H,6-9H2,1-2H3,(H,17,18). The molecule has 0 spiro atoms. The van der Waals surface area contributed by atoms with Gasteiger partial charge < -0.3 is 10.1 Å². The van der Waals surface area contributed by atoms with Gasteiger partial charge in [-0.3, -0.25) is 9.59 Å². The monoisotopic (exact) mass is 339 g/mol. The van der Waals surface area contributed by atoms with Gasteiger partial charge in [-0.2, -0.15) is 0 Å². The Balaban J connectivity index is 1.90. The lowest BCUT2D eigenvalue weighted by molar-refractivity contribution is -0.147. The lowest BCUT2D eigenvalue weighted by Gasteiger charge is -2.14. The van der Waals surface area contributed by atoms with Crippen molar-refractivity contribution in [1.82, 2.24) is 5.32 Å². The van der Waals surface area contributed by atoms with E-state index in [0.717, 1.165) is 28.4 Å². The number of carbonyl (C=O) groups excluding carboxylic acids is 2. The molecular weight excluding hydrogens is 322 g/mol. The fourth-order valence-electron chi connectivity index (χ4n) is 2.17. The molecule has 0 saturated heterocycles. The molecule has 5 heteroatoms. The Kier molecular flexibility index (Phi) is 4.48. The minimum atomic E-state index is -0.475. The van der Waals surface area contributed by atoms with Gasteiger partial charge in [0.05, 0.1) is 18.9 Å². The highest BCUT2D eigenvalue weighted by Crippen LogP contribution is 2.46. The number of halogens is 1. The van der Waals surface area contributed by atoms with Crippen LogP contribution in [0.25, 0.3) is 0 Å². The molecule has 20 heavy (non-hydrogen) atoms. The van der Waals surface area contributed by atoms with Crippen LogP contribution in [0.2, 0.25) is 0 Å². The number of benzene rings is 1. The molecule has 2 rings (SSSR count). The highest BCUT2D eigenvalue weighted by molar-refractivity contribution is 9.10. The van der Waals surface area contributed by atoms with Gasteiger partial charge in [0.2, 0.25) is 5.91 Å². The first-order valence-corrected chi connectivity index (χ1v) is 7.37. The van der Waals surface area contributed by atoms with Crippen LogP contribution in [0.1, 0.15) is 24.0 Å². The first-order valence-electron chi connectivity index (χ1n) is 6.57. The van der Waals surface area contributed by atoms with E-state index in [1.165, 1.54) is 7.11 Å². The first kappa shape index (κ1) is 15.0. The molecule has 1 amide bonds. The van der Waals surface area contributed by atoms with Crippen LogP contribution >= 0.6 is 15.9 Å². The molecule has 0 unspecified atom stereocenters. The van der Waals surface area contributed by atoms with Gasteiger partial charge >= 0.3 is 5.97 Å². The van der Waals surface area contributed by atoms with E-state index < -0.39 is 5.41 Å². The van der Waals surface area contributed by atoms with E-state index in [2.05, 4.69) is 21.2 Å². The zero-order valence-corrected chi connectivity index (χ0v) is 13.2. The van der Waals surface area contributed by atoms with E-state index in [1.54, 1.807) is 0 Å². The quantitative estimate of drug-likeness (QED) is 0.838. The zero-order valence-electron chi connectivity index (χ0n) is 11.7. The molecule has 108 valence electrons. The minimum absolute atomic E-state index is 0.0682. The smallest absolute Gasteiger partial charge is 0.313 e. The van der Waals surface area contributed by atoms with Crippen LogP contribution in [-0.4, -0.2) is 25.5 Å². The van der Waals surface area contributed by atoms with E-state index in [0.29, 0.717) is 13.0 Å². The third kappa shape index (κ3) is 3.20. The summed E-state index contributed by atoms with van der Waals surface area (Å²) in [5.41, 5.74) is 1.58. The molecule has 1 saturated carbocycles. The van der Waals surface area contributed by atoms with E-state index in [1.807, 2.05) is 25.1 Å². The van der Waals surface area contributed by atoms with Gasteiger partial charge in [-0.1, -0.05) is 28.1 Å². The Morgan fingerprint density at radius 1 is 1.40 bits per heavy atom. The van der Waals surface area contributed by atoms with Crippen LogP contribution < -0.4 is 5.32 Å². The van der Waals surface area contributed by atoms with E-state index in [9.17, 15) is 9.59 Å². The van der Waals surface area contributed by atoms with Crippen LogP contribution in [-0.2, 0) is 20.7 Å². The fraction of sp³-hybridized carbons (Fsp3) is 0.467. The predicted molar refractivity (Wildman–Crippen MR) is 79.3 cm³/mol. The molecule has 0 bridgehead atoms. The Bertz CT molecular complexity index is 538. The molecule has 1 aromatic rings. The van der Waals surface area contributed by atoms with Gasteiger partial charge in [-0.05, 0) is 37.0 Å². The molecule has 0 aliphatic heterocycles. The normalized spacial score (nSPS) is 15.6. The third-order valence-corrected chi connectivity index (χ3v) is 4.69. The number of esters is 1. The predicted octanol–water partition coefficient (Wildman–Crippen LogP) is 2.37. The number of ether oxygens (including phenoxy) is 1. The van der Waals surface area contributed by atoms with Gasteiger partial charge in [0.1, 0.15) is 0 Å². The van der Waals surface area contributed by atoms with Crippen molar-refractivity contribution in [2.75, 3.05) is 13.7 Å². The summed E-state index contributed by atoms with van der Waals surface area (Å²) in [6.45, 7) is 2.34. The van der Waals surface area contributed by atoms with Gasteiger partial charge in [-0.15, -0.1) is 0 Å². The molecule has 0 atom stereocenters. The van der Waals surface area contributed by atoms with Crippen LogP contribution in [0.5, 0.6) is 0 Å². The minimum Gasteiger partial charge on any atom is -0.469 e. The Morgan fingerprint density at radius 3 is 2.70 bits per heavy atom. The lowest BCUT2D eigenvalue weighted by Crippen LogP contribution is -2.35. The summed E-state index contributed by atoms with van der Waals surface area (Å²) < 4.78 is 5.76. The summed E-state index contributed by atoms with van der Waals surface area (Å²) in [5.74, 6) is -0.294. The lowest BCUT2D eigenvalue weighted by atomic mass is 10.0. The summed E-state index contributed by atoms with van der Waals surface area (Å²) in [6, 6.07) is 5.80. The van der Waals surface area contributed by atoms with Crippen LogP contribution in [0.15, 0.2) is 22.7 Å². The van der Waals surface area contributed by atoms with Crippen molar-refractivity contribution in [1.29, 1.82) is 0 Å². The Morgan fingerprint density at radius 2 is 2.10 bits per heavy atom. The first-order chi connectivity index (χ1) is 9.48. The van der Waals surface area contributed by atoms with E-state index in [-0.39, 0.29) is 11.9 Å². The number of methoxy groups -OCH3 is 1. The number of hydrogen-bond acceptors (Lipinski definition) is 3. The maximum absolute atomic E-state index is 12.0. The topological polar surface area (TPSA) is 55.4 Å². The van der Waals surface area contributed by atoms with E-state index in [4.69, 9.17) is 4.74 Å². The van der Waals surface area contributed by atoms with Gasteiger partial charge in [0, 0.05) is 11.0 Å². The van der Waals surface area contributed by atoms with Gasteiger partial charge in [-0.25, -0.2) is 0 Å². The molecule has 1 aromatic carbocycles. The molecule has 1 N–H and O–H groups in total. The number of rotatable bonds is 5. The molecular formula is C15H18BrNO3. The molecule has 0 radical (unpaired) electrons. The molecule has 1 aliphatic carbocycles. The summed E-state index contributed by atoms with van der Waals surface area (Å²) in [7, 11) is 1.38. The maximum atomic E-state index is 12.0. The van der Waals surface area contributed by atoms with Gasteiger partial charge in [0.25, 0.3) is 0 Å². The maximum Gasteiger partial charge on any atom is 0.313 e. The van der Waals surface area contributed by atoms with Crippen molar-refractivity contribution < 1.29 is 14.3 Å². The van der Waals surface area contributed by atoms with Crippen molar-refractivity contribution in [2.24, 2.45) is 5.41 Å².